The average Bonchev–Trinajstić information content (AvgIpc) is 3.08. The van der Waals surface area contributed by atoms with Gasteiger partial charge < -0.3 is 5.32 Å². The molecule has 2 heterocycles. The number of amides is 1. The van der Waals surface area contributed by atoms with Crippen LogP contribution in [0.4, 0.5) is 5.69 Å². The Kier molecular flexibility index (Phi) is 4.42. The highest BCUT2D eigenvalue weighted by Gasteiger charge is 2.15. The van der Waals surface area contributed by atoms with E-state index in [9.17, 15) is 4.79 Å². The van der Waals surface area contributed by atoms with Crippen LogP contribution in [0.2, 0.25) is 0 Å². The van der Waals surface area contributed by atoms with Crippen LogP contribution in [0, 0.1) is 13.8 Å². The zero-order valence-electron chi connectivity index (χ0n) is 15.3. The van der Waals surface area contributed by atoms with E-state index in [1.807, 2.05) is 66.9 Å². The molecular weight excluding hydrogens is 336 g/mol. The number of benzene rings is 2. The van der Waals surface area contributed by atoms with Gasteiger partial charge >= 0.3 is 0 Å². The van der Waals surface area contributed by atoms with E-state index in [2.05, 4.69) is 27.6 Å². The molecule has 0 saturated carbocycles. The standard InChI is InChI=1S/C22H20N4O/c1-15-10-11-18(13-16(15)2)23-22(27)19-9-6-12-26-20(24-25-21(19)26)14-17-7-4-3-5-8-17/h3-13H,14H2,1-2H3,(H,23,27). The zero-order valence-corrected chi connectivity index (χ0v) is 15.3. The predicted molar refractivity (Wildman–Crippen MR) is 106 cm³/mol. The number of aromatic nitrogens is 3. The van der Waals surface area contributed by atoms with E-state index in [1.165, 1.54) is 5.56 Å². The highest BCUT2D eigenvalue weighted by molar-refractivity contribution is 6.08. The number of hydrogen-bond acceptors (Lipinski definition) is 3. The fourth-order valence-electron chi connectivity index (χ4n) is 3.06. The second kappa shape index (κ2) is 7.03. The van der Waals surface area contributed by atoms with Crippen molar-refractivity contribution >= 4 is 17.2 Å². The van der Waals surface area contributed by atoms with Crippen molar-refractivity contribution in [3.63, 3.8) is 0 Å². The molecule has 0 bridgehead atoms. The molecule has 5 heteroatoms. The summed E-state index contributed by atoms with van der Waals surface area (Å²) in [6, 6.07) is 19.6. The van der Waals surface area contributed by atoms with Gasteiger partial charge in [0.05, 0.1) is 5.56 Å². The van der Waals surface area contributed by atoms with E-state index in [1.54, 1.807) is 6.07 Å². The summed E-state index contributed by atoms with van der Waals surface area (Å²) in [4.78, 5) is 12.8. The summed E-state index contributed by atoms with van der Waals surface area (Å²) in [6.45, 7) is 4.08. The molecule has 2 aromatic carbocycles. The van der Waals surface area contributed by atoms with E-state index < -0.39 is 0 Å². The lowest BCUT2D eigenvalue weighted by molar-refractivity contribution is 0.102. The minimum Gasteiger partial charge on any atom is -0.322 e. The third-order valence-electron chi connectivity index (χ3n) is 4.72. The summed E-state index contributed by atoms with van der Waals surface area (Å²) < 4.78 is 1.88. The largest absolute Gasteiger partial charge is 0.322 e. The first-order chi connectivity index (χ1) is 13.1. The first-order valence-electron chi connectivity index (χ1n) is 8.87. The minimum atomic E-state index is -0.192. The number of hydrogen-bond donors (Lipinski definition) is 1. The fourth-order valence-corrected chi connectivity index (χ4v) is 3.06. The summed E-state index contributed by atoms with van der Waals surface area (Å²) in [6.07, 6.45) is 2.55. The van der Waals surface area contributed by atoms with Gasteiger partial charge in [0.1, 0.15) is 5.82 Å². The van der Waals surface area contributed by atoms with Crippen LogP contribution in [0.15, 0.2) is 66.9 Å². The first kappa shape index (κ1) is 17.0. The summed E-state index contributed by atoms with van der Waals surface area (Å²) in [5, 5.41) is 11.5. The molecule has 1 N–H and O–H groups in total. The van der Waals surface area contributed by atoms with Gasteiger partial charge in [-0.25, -0.2) is 0 Å². The van der Waals surface area contributed by atoms with Crippen LogP contribution in [0.3, 0.4) is 0 Å². The zero-order chi connectivity index (χ0) is 18.8. The Hall–Kier alpha value is -3.47. The maximum atomic E-state index is 12.8. The number of rotatable bonds is 4. The van der Waals surface area contributed by atoms with Crippen molar-refractivity contribution in [3.05, 3.63) is 94.9 Å². The summed E-state index contributed by atoms with van der Waals surface area (Å²) in [5.41, 5.74) is 5.31. The second-order valence-electron chi connectivity index (χ2n) is 6.65. The topological polar surface area (TPSA) is 59.3 Å². The van der Waals surface area contributed by atoms with Gasteiger partial charge in [-0.05, 0) is 54.8 Å². The molecule has 2 aromatic heterocycles. The lowest BCUT2D eigenvalue weighted by Crippen LogP contribution is -2.13. The smallest absolute Gasteiger partial charge is 0.259 e. The molecule has 4 rings (SSSR count). The minimum absolute atomic E-state index is 0.192. The third kappa shape index (κ3) is 3.44. The van der Waals surface area contributed by atoms with E-state index in [-0.39, 0.29) is 5.91 Å². The number of nitrogens with one attached hydrogen (secondary N) is 1. The Bertz CT molecular complexity index is 1120. The Labute approximate surface area is 157 Å². The summed E-state index contributed by atoms with van der Waals surface area (Å²) in [5.74, 6) is 0.611. The number of aryl methyl sites for hydroxylation is 2. The molecule has 27 heavy (non-hydrogen) atoms. The van der Waals surface area contributed by atoms with Crippen molar-refractivity contribution in [2.75, 3.05) is 5.32 Å². The van der Waals surface area contributed by atoms with E-state index in [0.717, 1.165) is 22.6 Å². The molecule has 0 aliphatic heterocycles. The van der Waals surface area contributed by atoms with Crippen molar-refractivity contribution in [2.45, 2.75) is 20.3 Å². The molecule has 0 atom stereocenters. The Balaban J connectivity index is 1.64. The molecule has 0 unspecified atom stereocenters. The molecule has 4 aromatic rings. The number of pyridine rings is 1. The lowest BCUT2D eigenvalue weighted by atomic mass is 10.1. The molecule has 5 nitrogen and oxygen atoms in total. The second-order valence-corrected chi connectivity index (χ2v) is 6.65. The highest BCUT2D eigenvalue weighted by atomic mass is 16.1. The monoisotopic (exact) mass is 356 g/mol. The van der Waals surface area contributed by atoms with Crippen LogP contribution in [-0.2, 0) is 6.42 Å². The highest BCUT2D eigenvalue weighted by Crippen LogP contribution is 2.18. The lowest BCUT2D eigenvalue weighted by Gasteiger charge is -2.08. The number of anilines is 1. The van der Waals surface area contributed by atoms with Gasteiger partial charge in [0.25, 0.3) is 5.91 Å². The Morgan fingerprint density at radius 2 is 1.78 bits per heavy atom. The van der Waals surface area contributed by atoms with Crippen molar-refractivity contribution in [1.29, 1.82) is 0 Å². The SMILES string of the molecule is Cc1ccc(NC(=O)c2cccn3c(Cc4ccccc4)nnc23)cc1C. The number of nitrogens with zero attached hydrogens (tertiary/aromatic N) is 3. The maximum Gasteiger partial charge on any atom is 0.259 e. The molecule has 0 aliphatic rings. The molecule has 0 aliphatic carbocycles. The van der Waals surface area contributed by atoms with Crippen molar-refractivity contribution in [3.8, 4) is 0 Å². The van der Waals surface area contributed by atoms with E-state index in [0.29, 0.717) is 17.6 Å². The number of carbonyl (C=O) groups excluding carboxylic acids is 1. The van der Waals surface area contributed by atoms with Gasteiger partial charge in [0, 0.05) is 18.3 Å². The number of fused-ring (bicyclic) bond motifs is 1. The quantitative estimate of drug-likeness (QED) is 0.596. The Morgan fingerprint density at radius 1 is 0.963 bits per heavy atom. The Morgan fingerprint density at radius 3 is 2.56 bits per heavy atom. The van der Waals surface area contributed by atoms with Gasteiger partial charge in [-0.2, -0.15) is 0 Å². The van der Waals surface area contributed by atoms with Gasteiger partial charge in [0.2, 0.25) is 0 Å². The van der Waals surface area contributed by atoms with Gasteiger partial charge in [-0.15, -0.1) is 10.2 Å². The van der Waals surface area contributed by atoms with Gasteiger partial charge in [-0.3, -0.25) is 9.20 Å². The molecule has 0 saturated heterocycles. The van der Waals surface area contributed by atoms with Crippen molar-refractivity contribution in [1.82, 2.24) is 14.6 Å². The van der Waals surface area contributed by atoms with Gasteiger partial charge in [-0.1, -0.05) is 36.4 Å². The van der Waals surface area contributed by atoms with Crippen LogP contribution < -0.4 is 5.32 Å². The molecule has 1 amide bonds. The average molecular weight is 356 g/mol. The van der Waals surface area contributed by atoms with Crippen molar-refractivity contribution < 1.29 is 4.79 Å². The normalized spacial score (nSPS) is 10.9. The third-order valence-corrected chi connectivity index (χ3v) is 4.72. The van der Waals surface area contributed by atoms with Gasteiger partial charge in [0.15, 0.2) is 5.65 Å². The van der Waals surface area contributed by atoms with Crippen LogP contribution in [0.1, 0.15) is 32.9 Å². The first-order valence-corrected chi connectivity index (χ1v) is 8.87. The molecular formula is C22H20N4O. The summed E-state index contributed by atoms with van der Waals surface area (Å²) in [7, 11) is 0. The van der Waals surface area contributed by atoms with E-state index in [4.69, 9.17) is 0 Å². The van der Waals surface area contributed by atoms with Crippen LogP contribution in [0.25, 0.3) is 5.65 Å². The maximum absolute atomic E-state index is 12.8. The fraction of sp³-hybridized carbons (Fsp3) is 0.136. The predicted octanol–water partition coefficient (Wildman–Crippen LogP) is 4.19. The summed E-state index contributed by atoms with van der Waals surface area (Å²) >= 11 is 0. The molecule has 134 valence electrons. The van der Waals surface area contributed by atoms with E-state index >= 15 is 0 Å². The number of carbonyl (C=O) groups is 1. The van der Waals surface area contributed by atoms with Crippen molar-refractivity contribution in [2.24, 2.45) is 0 Å². The molecule has 0 fully saturated rings. The molecule has 0 spiro atoms. The molecule has 0 radical (unpaired) electrons. The van der Waals surface area contributed by atoms with Crippen LogP contribution in [-0.4, -0.2) is 20.5 Å². The van der Waals surface area contributed by atoms with Crippen LogP contribution >= 0.6 is 0 Å². The van der Waals surface area contributed by atoms with Crippen LogP contribution in [0.5, 0.6) is 0 Å².